The van der Waals surface area contributed by atoms with Crippen LogP contribution in [0.25, 0.3) is 98.5 Å². The fraction of sp³-hybridized carbons (Fsp3) is 0. The highest BCUT2D eigenvalue weighted by molar-refractivity contribution is 7.26. The van der Waals surface area contributed by atoms with Gasteiger partial charge < -0.3 is 4.42 Å². The van der Waals surface area contributed by atoms with Gasteiger partial charge in [-0.25, -0.2) is 15.0 Å². The summed E-state index contributed by atoms with van der Waals surface area (Å²) in [6, 6.07) is 56.7. The molecule has 0 saturated heterocycles. The van der Waals surface area contributed by atoms with Crippen molar-refractivity contribution in [1.82, 2.24) is 15.0 Å². The zero-order valence-electron chi connectivity index (χ0n) is 26.7. The quantitative estimate of drug-likeness (QED) is 0.185. The van der Waals surface area contributed by atoms with Gasteiger partial charge in [0, 0.05) is 42.9 Å². The normalized spacial score (nSPS) is 11.6. The maximum Gasteiger partial charge on any atom is 0.165 e. The zero-order valence-corrected chi connectivity index (χ0v) is 27.6. The standard InChI is InChI=1S/C45H27N3OS/c1-3-13-28(14-4-1)30-17-11-19-32(25-30)43-46-44(33-20-12-18-31(26-33)29-15-5-2-6-16-29)48-45(47-43)37-27-36-34-21-7-9-23-38(34)49-41(36)40-35-22-8-10-24-39(35)50-42(37)40/h1-27H. The number of benzene rings is 7. The number of furan rings is 1. The average molecular weight is 658 g/mol. The molecule has 0 N–H and O–H groups in total. The van der Waals surface area contributed by atoms with Crippen molar-refractivity contribution >= 4 is 53.4 Å². The molecule has 4 nitrogen and oxygen atoms in total. The number of para-hydroxylation sites is 1. The van der Waals surface area contributed by atoms with Gasteiger partial charge in [-0.3, -0.25) is 0 Å². The fourth-order valence-electron chi connectivity index (χ4n) is 6.92. The Morgan fingerprint density at radius 3 is 1.58 bits per heavy atom. The summed E-state index contributed by atoms with van der Waals surface area (Å²) in [5, 5.41) is 4.38. The molecule has 3 heterocycles. The van der Waals surface area contributed by atoms with Crippen LogP contribution >= 0.6 is 11.3 Å². The lowest BCUT2D eigenvalue weighted by atomic mass is 10.0. The summed E-state index contributed by atoms with van der Waals surface area (Å²) in [5.41, 5.74) is 9.07. The molecule has 0 aliphatic rings. The number of rotatable bonds is 5. The molecule has 0 unspecified atom stereocenters. The zero-order chi connectivity index (χ0) is 33.0. The molecule has 0 atom stereocenters. The van der Waals surface area contributed by atoms with Crippen LogP contribution in [0.2, 0.25) is 0 Å². The van der Waals surface area contributed by atoms with E-state index in [0.717, 1.165) is 71.0 Å². The van der Waals surface area contributed by atoms with Gasteiger partial charge in [0.2, 0.25) is 0 Å². The minimum Gasteiger partial charge on any atom is -0.455 e. The van der Waals surface area contributed by atoms with E-state index in [-0.39, 0.29) is 0 Å². The van der Waals surface area contributed by atoms with Gasteiger partial charge in [-0.05, 0) is 52.6 Å². The molecule has 0 spiro atoms. The summed E-state index contributed by atoms with van der Waals surface area (Å²) in [6.45, 7) is 0. The molecule has 10 rings (SSSR count). The van der Waals surface area contributed by atoms with E-state index in [2.05, 4.69) is 140 Å². The lowest BCUT2D eigenvalue weighted by molar-refractivity contribution is 0.673. The van der Waals surface area contributed by atoms with E-state index in [1.54, 1.807) is 11.3 Å². The van der Waals surface area contributed by atoms with Crippen molar-refractivity contribution in [2.75, 3.05) is 0 Å². The Kier molecular flexibility index (Phi) is 6.64. The number of thiophene rings is 1. The molecule has 5 heteroatoms. The van der Waals surface area contributed by atoms with E-state index in [0.29, 0.717) is 17.5 Å². The molecule has 234 valence electrons. The second kappa shape index (κ2) is 11.6. The maximum absolute atomic E-state index is 6.57. The van der Waals surface area contributed by atoms with Gasteiger partial charge in [0.05, 0.1) is 4.70 Å². The van der Waals surface area contributed by atoms with Crippen LogP contribution in [-0.2, 0) is 0 Å². The topological polar surface area (TPSA) is 51.8 Å². The van der Waals surface area contributed by atoms with Crippen molar-refractivity contribution in [3.05, 3.63) is 164 Å². The first-order chi connectivity index (χ1) is 24.8. The van der Waals surface area contributed by atoms with Crippen molar-refractivity contribution in [3.8, 4) is 56.4 Å². The van der Waals surface area contributed by atoms with Gasteiger partial charge in [0.25, 0.3) is 0 Å². The highest BCUT2D eigenvalue weighted by atomic mass is 32.1. The molecule has 0 bridgehead atoms. The second-order valence-corrected chi connectivity index (χ2v) is 13.5. The molecule has 7 aromatic carbocycles. The van der Waals surface area contributed by atoms with Gasteiger partial charge in [-0.2, -0.15) is 0 Å². The van der Waals surface area contributed by atoms with Crippen molar-refractivity contribution in [3.63, 3.8) is 0 Å². The van der Waals surface area contributed by atoms with Gasteiger partial charge >= 0.3 is 0 Å². The van der Waals surface area contributed by atoms with Crippen molar-refractivity contribution in [2.45, 2.75) is 0 Å². The van der Waals surface area contributed by atoms with Crippen LogP contribution < -0.4 is 0 Å². The average Bonchev–Trinajstić information content (AvgIpc) is 3.77. The summed E-state index contributed by atoms with van der Waals surface area (Å²) >= 11 is 1.75. The Hall–Kier alpha value is -6.43. The third-order valence-electron chi connectivity index (χ3n) is 9.32. The van der Waals surface area contributed by atoms with Gasteiger partial charge in [0.15, 0.2) is 17.5 Å². The molecule has 0 saturated carbocycles. The Morgan fingerprint density at radius 2 is 0.920 bits per heavy atom. The van der Waals surface area contributed by atoms with E-state index in [1.807, 2.05) is 24.3 Å². The number of hydrogen-bond donors (Lipinski definition) is 0. The minimum absolute atomic E-state index is 0.624. The monoisotopic (exact) mass is 657 g/mol. The smallest absolute Gasteiger partial charge is 0.165 e. The molecule has 3 aromatic heterocycles. The minimum atomic E-state index is 0.624. The lowest BCUT2D eigenvalue weighted by Crippen LogP contribution is -2.00. The van der Waals surface area contributed by atoms with Crippen LogP contribution in [0.15, 0.2) is 168 Å². The SMILES string of the molecule is c1ccc(-c2cccc(-c3nc(-c4cccc(-c5ccccc5)c4)nc(-c4cc5c6ccccc6oc5c5c4sc4ccccc45)n3)c2)cc1. The summed E-state index contributed by atoms with van der Waals surface area (Å²) in [4.78, 5) is 15.7. The third-order valence-corrected chi connectivity index (χ3v) is 10.5. The van der Waals surface area contributed by atoms with Crippen LogP contribution in [0, 0.1) is 0 Å². The van der Waals surface area contributed by atoms with Gasteiger partial charge in [-0.1, -0.05) is 133 Å². The molecule has 0 radical (unpaired) electrons. The number of hydrogen-bond acceptors (Lipinski definition) is 5. The molecule has 0 amide bonds. The Bertz CT molecular complexity index is 2770. The highest BCUT2D eigenvalue weighted by Crippen LogP contribution is 2.46. The summed E-state index contributed by atoms with van der Waals surface area (Å²) < 4.78 is 8.86. The van der Waals surface area contributed by atoms with Crippen LogP contribution in [0.1, 0.15) is 0 Å². The number of fused-ring (bicyclic) bond motifs is 7. The molecule has 50 heavy (non-hydrogen) atoms. The Balaban J connectivity index is 1.26. The predicted molar refractivity (Wildman–Crippen MR) is 207 cm³/mol. The third kappa shape index (κ3) is 4.79. The number of aromatic nitrogens is 3. The van der Waals surface area contributed by atoms with Gasteiger partial charge in [-0.15, -0.1) is 11.3 Å². The first-order valence-electron chi connectivity index (χ1n) is 16.6. The maximum atomic E-state index is 6.57. The highest BCUT2D eigenvalue weighted by Gasteiger charge is 2.22. The van der Waals surface area contributed by atoms with E-state index in [4.69, 9.17) is 19.4 Å². The predicted octanol–water partition coefficient (Wildman–Crippen LogP) is 12.5. The Morgan fingerprint density at radius 1 is 0.400 bits per heavy atom. The van der Waals surface area contributed by atoms with Crippen LogP contribution in [0.4, 0.5) is 0 Å². The van der Waals surface area contributed by atoms with Crippen molar-refractivity contribution in [1.29, 1.82) is 0 Å². The number of nitrogens with zero attached hydrogens (tertiary/aromatic N) is 3. The molecular weight excluding hydrogens is 631 g/mol. The van der Waals surface area contributed by atoms with E-state index < -0.39 is 0 Å². The first kappa shape index (κ1) is 28.6. The largest absolute Gasteiger partial charge is 0.455 e. The summed E-state index contributed by atoms with van der Waals surface area (Å²) in [5.74, 6) is 1.88. The van der Waals surface area contributed by atoms with Crippen molar-refractivity contribution in [2.24, 2.45) is 0 Å². The van der Waals surface area contributed by atoms with E-state index in [1.165, 1.54) is 10.1 Å². The van der Waals surface area contributed by atoms with E-state index >= 15 is 0 Å². The summed E-state index contributed by atoms with van der Waals surface area (Å²) in [7, 11) is 0. The van der Waals surface area contributed by atoms with E-state index in [9.17, 15) is 0 Å². The van der Waals surface area contributed by atoms with Crippen LogP contribution in [-0.4, -0.2) is 15.0 Å². The van der Waals surface area contributed by atoms with Crippen LogP contribution in [0.5, 0.6) is 0 Å². The molecule has 10 aromatic rings. The Labute approximate surface area is 292 Å². The van der Waals surface area contributed by atoms with Crippen LogP contribution in [0.3, 0.4) is 0 Å². The lowest BCUT2D eigenvalue weighted by Gasteiger charge is -2.11. The molecular formula is C45H27N3OS. The molecule has 0 aliphatic carbocycles. The first-order valence-corrected chi connectivity index (χ1v) is 17.4. The summed E-state index contributed by atoms with van der Waals surface area (Å²) in [6.07, 6.45) is 0. The molecule has 0 aliphatic heterocycles. The molecule has 0 fully saturated rings. The van der Waals surface area contributed by atoms with Gasteiger partial charge in [0.1, 0.15) is 11.2 Å². The van der Waals surface area contributed by atoms with Crippen molar-refractivity contribution < 1.29 is 4.42 Å². The fourth-order valence-corrected chi connectivity index (χ4v) is 8.13. The second-order valence-electron chi connectivity index (χ2n) is 12.4.